The molecule has 0 saturated heterocycles. The van der Waals surface area contributed by atoms with Gasteiger partial charge in [0.05, 0.1) is 13.2 Å². The highest BCUT2D eigenvalue weighted by Crippen LogP contribution is 2.22. The molecule has 2 rings (SSSR count). The summed E-state index contributed by atoms with van der Waals surface area (Å²) in [4.78, 5) is 12.2. The lowest BCUT2D eigenvalue weighted by molar-refractivity contribution is -0.117. The van der Waals surface area contributed by atoms with Gasteiger partial charge in [0, 0.05) is 6.08 Å². The normalized spacial score (nSPS) is 12.4. The van der Waals surface area contributed by atoms with Crippen LogP contribution < -0.4 is 10.1 Å². The number of hydrogen-bond acceptors (Lipinski definition) is 2. The number of amides is 1. The van der Waals surface area contributed by atoms with Gasteiger partial charge in [-0.3, -0.25) is 4.79 Å². The quantitative estimate of drug-likeness (QED) is 0.783. The van der Waals surface area contributed by atoms with Crippen molar-refractivity contribution < 1.29 is 18.3 Å². The van der Waals surface area contributed by atoms with E-state index >= 15 is 0 Å². The summed E-state index contributed by atoms with van der Waals surface area (Å²) in [5.74, 6) is -0.839. The SMILES string of the molecule is COc1ccc(/C=C/C(=O)NC(c2ccc(F)cc2)C(C)C)cc1F. The minimum atomic E-state index is -0.489. The summed E-state index contributed by atoms with van der Waals surface area (Å²) < 4.78 is 31.6. The molecule has 0 radical (unpaired) electrons. The Labute approximate surface area is 146 Å². The van der Waals surface area contributed by atoms with Crippen LogP contribution in [0.25, 0.3) is 6.08 Å². The molecule has 0 saturated carbocycles. The number of carbonyl (C=O) groups is 1. The van der Waals surface area contributed by atoms with Crippen LogP contribution in [0.1, 0.15) is 31.0 Å². The molecule has 1 N–H and O–H groups in total. The molecule has 0 bridgehead atoms. The molecule has 2 aromatic carbocycles. The second-order valence-electron chi connectivity index (χ2n) is 6.01. The first-order valence-electron chi connectivity index (χ1n) is 7.98. The van der Waals surface area contributed by atoms with Crippen LogP contribution in [0.15, 0.2) is 48.5 Å². The lowest BCUT2D eigenvalue weighted by Gasteiger charge is -2.22. The third kappa shape index (κ3) is 5.14. The standard InChI is InChI=1S/C20H21F2NO2/c1-13(2)20(15-6-8-16(21)9-7-15)23-19(24)11-5-14-4-10-18(25-3)17(22)12-14/h4-13,20H,1-3H3,(H,23,24)/b11-5+. The molecular formula is C20H21F2NO2. The smallest absolute Gasteiger partial charge is 0.244 e. The highest BCUT2D eigenvalue weighted by atomic mass is 19.1. The molecule has 1 amide bonds. The second-order valence-corrected chi connectivity index (χ2v) is 6.01. The third-order valence-electron chi connectivity index (χ3n) is 3.80. The average Bonchev–Trinajstić information content (AvgIpc) is 2.58. The molecule has 2 aromatic rings. The summed E-state index contributed by atoms with van der Waals surface area (Å²) in [6.07, 6.45) is 2.88. The Bertz CT molecular complexity index is 755. The van der Waals surface area contributed by atoms with Crippen LogP contribution in [0.5, 0.6) is 5.75 Å². The number of nitrogens with one attached hydrogen (secondary N) is 1. The van der Waals surface area contributed by atoms with Crippen molar-refractivity contribution in [3.63, 3.8) is 0 Å². The van der Waals surface area contributed by atoms with Crippen molar-refractivity contribution >= 4 is 12.0 Å². The van der Waals surface area contributed by atoms with Crippen molar-refractivity contribution in [1.82, 2.24) is 5.32 Å². The Morgan fingerprint density at radius 2 is 1.80 bits per heavy atom. The Hall–Kier alpha value is -2.69. The van der Waals surface area contributed by atoms with Gasteiger partial charge in [0.15, 0.2) is 11.6 Å². The number of hydrogen-bond donors (Lipinski definition) is 1. The summed E-state index contributed by atoms with van der Waals surface area (Å²) in [6, 6.07) is 10.3. The van der Waals surface area contributed by atoms with Crippen molar-refractivity contribution in [2.24, 2.45) is 5.92 Å². The van der Waals surface area contributed by atoms with Gasteiger partial charge in [-0.05, 0) is 47.4 Å². The van der Waals surface area contributed by atoms with Crippen molar-refractivity contribution in [3.8, 4) is 5.75 Å². The molecule has 25 heavy (non-hydrogen) atoms. The maximum atomic E-state index is 13.7. The molecular weight excluding hydrogens is 324 g/mol. The molecule has 0 spiro atoms. The second kappa shape index (κ2) is 8.42. The Kier molecular flexibility index (Phi) is 6.28. The van der Waals surface area contributed by atoms with E-state index in [0.717, 1.165) is 5.56 Å². The van der Waals surface area contributed by atoms with Crippen molar-refractivity contribution in [3.05, 3.63) is 71.3 Å². The molecule has 0 aliphatic heterocycles. The highest BCUT2D eigenvalue weighted by Gasteiger charge is 2.17. The summed E-state index contributed by atoms with van der Waals surface area (Å²) in [7, 11) is 1.39. The Morgan fingerprint density at radius 3 is 2.36 bits per heavy atom. The van der Waals surface area contributed by atoms with E-state index in [0.29, 0.717) is 5.56 Å². The molecule has 132 valence electrons. The summed E-state index contributed by atoms with van der Waals surface area (Å²) in [5.41, 5.74) is 1.38. The largest absolute Gasteiger partial charge is 0.494 e. The van der Waals surface area contributed by atoms with Crippen LogP contribution in [0.2, 0.25) is 0 Å². The maximum Gasteiger partial charge on any atom is 0.244 e. The Morgan fingerprint density at radius 1 is 1.12 bits per heavy atom. The molecule has 0 aromatic heterocycles. The lowest BCUT2D eigenvalue weighted by Crippen LogP contribution is -2.30. The monoisotopic (exact) mass is 345 g/mol. The fraction of sp³-hybridized carbons (Fsp3) is 0.250. The van der Waals surface area contributed by atoms with Gasteiger partial charge in [-0.15, -0.1) is 0 Å². The van der Waals surface area contributed by atoms with Gasteiger partial charge in [-0.2, -0.15) is 0 Å². The fourth-order valence-electron chi connectivity index (χ4n) is 2.46. The minimum absolute atomic E-state index is 0.126. The van der Waals surface area contributed by atoms with E-state index in [1.54, 1.807) is 18.2 Å². The average molecular weight is 345 g/mol. The van der Waals surface area contributed by atoms with E-state index in [1.807, 2.05) is 13.8 Å². The van der Waals surface area contributed by atoms with Gasteiger partial charge in [-0.1, -0.05) is 32.0 Å². The molecule has 0 aliphatic carbocycles. The fourth-order valence-corrected chi connectivity index (χ4v) is 2.46. The topological polar surface area (TPSA) is 38.3 Å². The zero-order chi connectivity index (χ0) is 18.4. The first kappa shape index (κ1) is 18.6. The zero-order valence-corrected chi connectivity index (χ0v) is 14.4. The third-order valence-corrected chi connectivity index (χ3v) is 3.80. The zero-order valence-electron chi connectivity index (χ0n) is 14.4. The van der Waals surface area contributed by atoms with E-state index in [4.69, 9.17) is 4.74 Å². The van der Waals surface area contributed by atoms with Crippen LogP contribution in [0.4, 0.5) is 8.78 Å². The summed E-state index contributed by atoms with van der Waals surface area (Å²) in [6.45, 7) is 3.94. The van der Waals surface area contributed by atoms with E-state index in [-0.39, 0.29) is 29.4 Å². The number of carbonyl (C=O) groups excluding carboxylic acids is 1. The number of halogens is 2. The van der Waals surface area contributed by atoms with Crippen LogP contribution in [0.3, 0.4) is 0 Å². The van der Waals surface area contributed by atoms with Crippen molar-refractivity contribution in [2.45, 2.75) is 19.9 Å². The minimum Gasteiger partial charge on any atom is -0.494 e. The van der Waals surface area contributed by atoms with E-state index in [9.17, 15) is 13.6 Å². The van der Waals surface area contributed by atoms with Crippen LogP contribution >= 0.6 is 0 Å². The molecule has 0 fully saturated rings. The highest BCUT2D eigenvalue weighted by molar-refractivity contribution is 5.92. The van der Waals surface area contributed by atoms with Gasteiger partial charge in [-0.25, -0.2) is 8.78 Å². The summed E-state index contributed by atoms with van der Waals surface area (Å²) >= 11 is 0. The molecule has 0 aliphatic rings. The number of methoxy groups -OCH3 is 1. The molecule has 3 nitrogen and oxygen atoms in total. The predicted octanol–water partition coefficient (Wildman–Crippen LogP) is 4.50. The van der Waals surface area contributed by atoms with Gasteiger partial charge in [0.1, 0.15) is 5.82 Å². The van der Waals surface area contributed by atoms with E-state index in [2.05, 4.69) is 5.32 Å². The first-order chi connectivity index (χ1) is 11.9. The van der Waals surface area contributed by atoms with Crippen LogP contribution in [0, 0.1) is 17.6 Å². The van der Waals surface area contributed by atoms with Gasteiger partial charge in [0.2, 0.25) is 5.91 Å². The predicted molar refractivity (Wildman–Crippen MR) is 94.1 cm³/mol. The van der Waals surface area contributed by atoms with Crippen molar-refractivity contribution in [2.75, 3.05) is 7.11 Å². The van der Waals surface area contributed by atoms with Crippen molar-refractivity contribution in [1.29, 1.82) is 0 Å². The van der Waals surface area contributed by atoms with E-state index < -0.39 is 5.82 Å². The van der Waals surface area contributed by atoms with Gasteiger partial charge >= 0.3 is 0 Å². The number of rotatable bonds is 6. The Balaban J connectivity index is 2.08. The first-order valence-corrected chi connectivity index (χ1v) is 7.98. The van der Waals surface area contributed by atoms with Crippen LogP contribution in [-0.4, -0.2) is 13.0 Å². The molecule has 0 heterocycles. The number of ether oxygens (including phenoxy) is 1. The van der Waals surface area contributed by atoms with Crippen LogP contribution in [-0.2, 0) is 4.79 Å². The van der Waals surface area contributed by atoms with Gasteiger partial charge < -0.3 is 10.1 Å². The maximum absolute atomic E-state index is 13.7. The molecule has 1 unspecified atom stereocenters. The van der Waals surface area contributed by atoms with E-state index in [1.165, 1.54) is 43.5 Å². The molecule has 1 atom stereocenters. The molecule has 5 heteroatoms. The van der Waals surface area contributed by atoms with Gasteiger partial charge in [0.25, 0.3) is 0 Å². The number of benzene rings is 2. The lowest BCUT2D eigenvalue weighted by atomic mass is 9.96. The summed E-state index contributed by atoms with van der Waals surface area (Å²) in [5, 5.41) is 2.89.